The minimum atomic E-state index is -0.380. The fourth-order valence-electron chi connectivity index (χ4n) is 1.73. The molecule has 4 heteroatoms. The molecule has 0 spiro atoms. The number of nitrogens with one attached hydrogen (secondary N) is 1. The van der Waals surface area contributed by atoms with Crippen molar-refractivity contribution in [3.63, 3.8) is 0 Å². The molecule has 90 valence electrons. The zero-order valence-corrected chi connectivity index (χ0v) is 11.5. The van der Waals surface area contributed by atoms with Crippen molar-refractivity contribution < 1.29 is 5.11 Å². The quantitative estimate of drug-likeness (QED) is 0.914. The average Bonchev–Trinajstić information content (AvgIpc) is 2.29. The highest BCUT2D eigenvalue weighted by molar-refractivity contribution is 9.10. The van der Waals surface area contributed by atoms with E-state index in [0.717, 1.165) is 26.8 Å². The number of halogens is 1. The Balaban J connectivity index is 2.53. The summed E-state index contributed by atoms with van der Waals surface area (Å²) >= 11 is 3.54. The van der Waals surface area contributed by atoms with Crippen molar-refractivity contribution in [2.75, 3.05) is 11.9 Å². The molecule has 0 aliphatic heterocycles. The molecule has 1 unspecified atom stereocenters. The van der Waals surface area contributed by atoms with E-state index in [4.69, 9.17) is 0 Å². The molecule has 0 saturated carbocycles. The molecule has 1 atom stereocenters. The second-order valence-corrected chi connectivity index (χ2v) is 4.93. The summed E-state index contributed by atoms with van der Waals surface area (Å²) in [6, 6.07) is 7.97. The molecular weight excluding hydrogens is 280 g/mol. The van der Waals surface area contributed by atoms with Crippen LogP contribution in [0, 0.1) is 6.92 Å². The van der Waals surface area contributed by atoms with E-state index in [0.29, 0.717) is 6.54 Å². The fourth-order valence-corrected chi connectivity index (χ4v) is 2.18. The number of anilines is 1. The Bertz CT molecular complexity index is 540. The van der Waals surface area contributed by atoms with Crippen LogP contribution in [0.5, 0.6) is 0 Å². The van der Waals surface area contributed by atoms with Gasteiger partial charge in [-0.1, -0.05) is 18.2 Å². The Morgan fingerprint density at radius 2 is 2.12 bits per heavy atom. The summed E-state index contributed by atoms with van der Waals surface area (Å²) in [6.45, 7) is 4.24. The van der Waals surface area contributed by atoms with Gasteiger partial charge < -0.3 is 10.4 Å². The minimum absolute atomic E-state index is 0.380. The van der Waals surface area contributed by atoms with Gasteiger partial charge >= 0.3 is 0 Å². The van der Waals surface area contributed by atoms with Gasteiger partial charge in [0.05, 0.1) is 27.5 Å². The predicted molar refractivity (Wildman–Crippen MR) is 74.4 cm³/mol. The van der Waals surface area contributed by atoms with Crippen molar-refractivity contribution in [2.45, 2.75) is 20.0 Å². The van der Waals surface area contributed by atoms with Gasteiger partial charge in [0, 0.05) is 11.9 Å². The van der Waals surface area contributed by atoms with Crippen molar-refractivity contribution in [1.82, 2.24) is 4.98 Å². The maximum Gasteiger partial charge on any atom is 0.0726 e. The molecule has 1 heterocycles. The fraction of sp³-hybridized carbons (Fsp3) is 0.308. The summed E-state index contributed by atoms with van der Waals surface area (Å²) in [4.78, 5) is 4.51. The Morgan fingerprint density at radius 3 is 2.82 bits per heavy atom. The van der Waals surface area contributed by atoms with Gasteiger partial charge in [0.25, 0.3) is 0 Å². The van der Waals surface area contributed by atoms with Gasteiger partial charge in [-0.3, -0.25) is 4.98 Å². The first-order chi connectivity index (χ1) is 8.09. The van der Waals surface area contributed by atoms with Gasteiger partial charge in [-0.2, -0.15) is 0 Å². The van der Waals surface area contributed by atoms with Crippen LogP contribution < -0.4 is 5.32 Å². The smallest absolute Gasteiger partial charge is 0.0726 e. The highest BCUT2D eigenvalue weighted by atomic mass is 79.9. The number of rotatable bonds is 3. The van der Waals surface area contributed by atoms with Gasteiger partial charge in [0.15, 0.2) is 0 Å². The Kier molecular flexibility index (Phi) is 3.64. The third kappa shape index (κ3) is 2.58. The Morgan fingerprint density at radius 1 is 1.41 bits per heavy atom. The second kappa shape index (κ2) is 5.02. The zero-order valence-electron chi connectivity index (χ0n) is 9.87. The van der Waals surface area contributed by atoms with Crippen LogP contribution in [0.15, 0.2) is 28.7 Å². The largest absolute Gasteiger partial charge is 0.392 e. The van der Waals surface area contributed by atoms with Crippen molar-refractivity contribution in [2.24, 2.45) is 0 Å². The van der Waals surface area contributed by atoms with Crippen LogP contribution in [0.25, 0.3) is 10.9 Å². The van der Waals surface area contributed by atoms with Crippen LogP contribution >= 0.6 is 15.9 Å². The molecule has 2 aromatic rings. The highest BCUT2D eigenvalue weighted by Gasteiger charge is 2.10. The third-order valence-corrected chi connectivity index (χ3v) is 3.54. The number of hydrogen-bond acceptors (Lipinski definition) is 3. The molecule has 2 rings (SSSR count). The lowest BCUT2D eigenvalue weighted by atomic mass is 10.1. The average molecular weight is 295 g/mol. The lowest BCUT2D eigenvalue weighted by Gasteiger charge is -2.14. The Labute approximate surface area is 109 Å². The number of hydrogen-bond donors (Lipinski definition) is 2. The van der Waals surface area contributed by atoms with E-state index in [9.17, 15) is 5.11 Å². The van der Waals surface area contributed by atoms with Crippen molar-refractivity contribution in [3.05, 3.63) is 34.4 Å². The monoisotopic (exact) mass is 294 g/mol. The van der Waals surface area contributed by atoms with Gasteiger partial charge in [-0.15, -0.1) is 0 Å². The first-order valence-corrected chi connectivity index (χ1v) is 6.35. The number of pyridine rings is 1. The second-order valence-electron chi connectivity index (χ2n) is 4.13. The van der Waals surface area contributed by atoms with E-state index < -0.39 is 0 Å². The van der Waals surface area contributed by atoms with Crippen LogP contribution in [0.4, 0.5) is 5.69 Å². The Hall–Kier alpha value is -1.13. The number of aliphatic hydroxyl groups excluding tert-OH is 1. The van der Waals surface area contributed by atoms with E-state index in [-0.39, 0.29) is 6.10 Å². The highest BCUT2D eigenvalue weighted by Crippen LogP contribution is 2.32. The van der Waals surface area contributed by atoms with E-state index >= 15 is 0 Å². The van der Waals surface area contributed by atoms with E-state index in [1.54, 1.807) is 6.92 Å². The molecule has 2 N–H and O–H groups in total. The lowest BCUT2D eigenvalue weighted by molar-refractivity contribution is 0.208. The molecular formula is C13H15BrN2O. The number of aliphatic hydroxyl groups is 1. The van der Waals surface area contributed by atoms with Crippen molar-refractivity contribution in [1.29, 1.82) is 0 Å². The van der Waals surface area contributed by atoms with Crippen LogP contribution in [0.2, 0.25) is 0 Å². The summed E-state index contributed by atoms with van der Waals surface area (Å²) in [6.07, 6.45) is -0.380. The summed E-state index contributed by atoms with van der Waals surface area (Å²) in [5.74, 6) is 0. The molecule has 3 nitrogen and oxygen atoms in total. The summed E-state index contributed by atoms with van der Waals surface area (Å²) < 4.78 is 0.955. The van der Waals surface area contributed by atoms with Crippen LogP contribution in [-0.4, -0.2) is 22.7 Å². The molecule has 0 amide bonds. The van der Waals surface area contributed by atoms with Crippen LogP contribution in [0.1, 0.15) is 12.6 Å². The molecule has 0 radical (unpaired) electrons. The first-order valence-electron chi connectivity index (χ1n) is 5.56. The van der Waals surface area contributed by atoms with Crippen LogP contribution in [0.3, 0.4) is 0 Å². The minimum Gasteiger partial charge on any atom is -0.392 e. The number of aromatic nitrogens is 1. The molecule has 1 aromatic heterocycles. The van der Waals surface area contributed by atoms with Gasteiger partial charge in [-0.25, -0.2) is 0 Å². The molecule has 0 fully saturated rings. The topological polar surface area (TPSA) is 45.2 Å². The summed E-state index contributed by atoms with van der Waals surface area (Å²) in [5, 5.41) is 13.7. The summed E-state index contributed by atoms with van der Waals surface area (Å²) in [5.41, 5.74) is 2.90. The van der Waals surface area contributed by atoms with Crippen molar-refractivity contribution in [3.8, 4) is 0 Å². The maximum absolute atomic E-state index is 9.35. The van der Waals surface area contributed by atoms with Crippen LogP contribution in [-0.2, 0) is 0 Å². The maximum atomic E-state index is 9.35. The standard InChI is InChI=1S/C13H15BrN2O/c1-8(17)7-15-13-10-5-3-4-6-11(10)16-9(2)12(13)14/h3-6,8,17H,7H2,1-2H3,(H,15,16). The zero-order chi connectivity index (χ0) is 12.4. The molecule has 0 aliphatic carbocycles. The normalized spacial score (nSPS) is 12.7. The SMILES string of the molecule is Cc1nc2ccccc2c(NCC(C)O)c1Br. The van der Waals surface area contributed by atoms with Gasteiger partial charge in [-0.05, 0) is 35.8 Å². The molecule has 1 aromatic carbocycles. The summed E-state index contributed by atoms with van der Waals surface area (Å²) in [7, 11) is 0. The van der Waals surface area contributed by atoms with Gasteiger partial charge in [0.1, 0.15) is 0 Å². The third-order valence-electron chi connectivity index (χ3n) is 2.57. The van der Waals surface area contributed by atoms with Crippen molar-refractivity contribution >= 4 is 32.5 Å². The first kappa shape index (κ1) is 12.3. The number of para-hydroxylation sites is 1. The number of fused-ring (bicyclic) bond motifs is 1. The van der Waals surface area contributed by atoms with E-state index in [2.05, 4.69) is 26.2 Å². The number of nitrogens with zero attached hydrogens (tertiary/aromatic N) is 1. The molecule has 0 bridgehead atoms. The van der Waals surface area contributed by atoms with E-state index in [1.165, 1.54) is 0 Å². The van der Waals surface area contributed by atoms with Gasteiger partial charge in [0.2, 0.25) is 0 Å². The predicted octanol–water partition coefficient (Wildman–Crippen LogP) is 3.10. The molecule has 0 saturated heterocycles. The molecule has 0 aliphatic rings. The number of aryl methyl sites for hydroxylation is 1. The number of benzene rings is 1. The molecule has 17 heavy (non-hydrogen) atoms. The lowest BCUT2D eigenvalue weighted by Crippen LogP contribution is -2.16. The van der Waals surface area contributed by atoms with E-state index in [1.807, 2.05) is 31.2 Å².